The van der Waals surface area contributed by atoms with Crippen molar-refractivity contribution in [1.82, 2.24) is 15.1 Å². The number of halogens is 3. The fourth-order valence-corrected chi connectivity index (χ4v) is 3.19. The van der Waals surface area contributed by atoms with Crippen molar-refractivity contribution >= 4 is 11.9 Å². The Labute approximate surface area is 159 Å². The maximum Gasteiger partial charge on any atom is 0.416 e. The number of nitrogens with zero attached hydrogens (tertiary/aromatic N) is 2. The zero-order chi connectivity index (χ0) is 20.5. The zero-order valence-corrected chi connectivity index (χ0v) is 15.5. The van der Waals surface area contributed by atoms with Gasteiger partial charge in [0.2, 0.25) is 5.91 Å². The first-order valence-electron chi connectivity index (χ1n) is 8.83. The van der Waals surface area contributed by atoms with E-state index in [1.807, 2.05) is 0 Å². The minimum Gasteiger partial charge on any atom is -0.463 e. The second-order valence-corrected chi connectivity index (χ2v) is 6.77. The van der Waals surface area contributed by atoms with Gasteiger partial charge in [-0.25, -0.2) is 4.68 Å². The van der Waals surface area contributed by atoms with Gasteiger partial charge in [-0.15, -0.1) is 0 Å². The number of aryl methyl sites for hydroxylation is 1. The molecular weight excluding hydrogens is 375 g/mol. The number of carbonyl (C=O) groups excluding carboxylic acids is 2. The topological polar surface area (TPSA) is 73.2 Å². The third-order valence-electron chi connectivity index (χ3n) is 4.71. The summed E-state index contributed by atoms with van der Waals surface area (Å²) in [4.78, 5) is 23.3. The van der Waals surface area contributed by atoms with Crippen LogP contribution in [0.4, 0.5) is 13.2 Å². The van der Waals surface area contributed by atoms with Crippen LogP contribution in [0.25, 0.3) is 5.69 Å². The number of esters is 1. The second kappa shape index (κ2) is 7.65. The highest BCUT2D eigenvalue weighted by molar-refractivity contribution is 5.78. The molecule has 1 amide bonds. The summed E-state index contributed by atoms with van der Waals surface area (Å²) >= 11 is 0. The molecule has 0 bridgehead atoms. The molecule has 1 fully saturated rings. The first-order valence-corrected chi connectivity index (χ1v) is 8.83. The van der Waals surface area contributed by atoms with E-state index in [2.05, 4.69) is 10.4 Å². The lowest BCUT2D eigenvalue weighted by Gasteiger charge is -2.11. The molecule has 3 rings (SSSR count). The summed E-state index contributed by atoms with van der Waals surface area (Å²) in [5, 5.41) is 7.00. The number of rotatable bonds is 5. The Morgan fingerprint density at radius 3 is 2.75 bits per heavy atom. The molecule has 0 spiro atoms. The van der Waals surface area contributed by atoms with Crippen LogP contribution in [0.5, 0.6) is 0 Å². The van der Waals surface area contributed by atoms with Crippen molar-refractivity contribution in [1.29, 1.82) is 0 Å². The van der Waals surface area contributed by atoms with E-state index in [0.29, 0.717) is 29.8 Å². The van der Waals surface area contributed by atoms with Crippen molar-refractivity contribution in [2.75, 3.05) is 6.61 Å². The molecule has 1 aliphatic rings. The Balaban J connectivity index is 1.73. The summed E-state index contributed by atoms with van der Waals surface area (Å²) in [5.41, 5.74) is 1.22. The fraction of sp³-hybridized carbons (Fsp3) is 0.421. The molecule has 1 atom stereocenters. The van der Waals surface area contributed by atoms with Crippen molar-refractivity contribution in [2.24, 2.45) is 0 Å². The Morgan fingerprint density at radius 1 is 1.36 bits per heavy atom. The van der Waals surface area contributed by atoms with Crippen LogP contribution in [-0.2, 0) is 26.9 Å². The quantitative estimate of drug-likeness (QED) is 0.791. The van der Waals surface area contributed by atoms with Crippen LogP contribution in [-0.4, -0.2) is 34.3 Å². The van der Waals surface area contributed by atoms with Gasteiger partial charge >= 0.3 is 12.1 Å². The summed E-state index contributed by atoms with van der Waals surface area (Å²) in [6, 6.07) is 4.68. The number of benzene rings is 1. The predicted molar refractivity (Wildman–Crippen MR) is 93.9 cm³/mol. The SMILES string of the molecule is Cc1nn(-c2cccc(C(F)(F)F)c2)c(C)c1CC(=O)OCC1CCC(=O)N1. The third kappa shape index (κ3) is 4.35. The van der Waals surface area contributed by atoms with Gasteiger partial charge in [0.25, 0.3) is 0 Å². The summed E-state index contributed by atoms with van der Waals surface area (Å²) in [6.45, 7) is 3.49. The Bertz CT molecular complexity index is 906. The van der Waals surface area contributed by atoms with E-state index >= 15 is 0 Å². The average molecular weight is 395 g/mol. The number of alkyl halides is 3. The monoisotopic (exact) mass is 395 g/mol. The molecular formula is C19H20F3N3O3. The molecule has 6 nitrogen and oxygen atoms in total. The molecule has 1 aromatic carbocycles. The molecule has 9 heteroatoms. The number of ether oxygens (including phenoxy) is 1. The highest BCUT2D eigenvalue weighted by atomic mass is 19.4. The Kier molecular flexibility index (Phi) is 5.44. The average Bonchev–Trinajstić information content (AvgIpc) is 3.17. The molecule has 0 radical (unpaired) electrons. The summed E-state index contributed by atoms with van der Waals surface area (Å²) in [7, 11) is 0. The smallest absolute Gasteiger partial charge is 0.416 e. The maximum absolute atomic E-state index is 13.0. The molecule has 1 aromatic heterocycles. The molecule has 1 aliphatic heterocycles. The minimum atomic E-state index is -4.45. The second-order valence-electron chi connectivity index (χ2n) is 6.77. The molecule has 1 unspecified atom stereocenters. The van der Waals surface area contributed by atoms with Crippen LogP contribution in [0.15, 0.2) is 24.3 Å². The maximum atomic E-state index is 13.0. The van der Waals surface area contributed by atoms with Gasteiger partial charge in [0.15, 0.2) is 0 Å². The largest absolute Gasteiger partial charge is 0.463 e. The van der Waals surface area contributed by atoms with Gasteiger partial charge in [0.1, 0.15) is 6.61 Å². The van der Waals surface area contributed by atoms with Gasteiger partial charge in [-0.3, -0.25) is 9.59 Å². The zero-order valence-electron chi connectivity index (χ0n) is 15.5. The summed E-state index contributed by atoms with van der Waals surface area (Å²) in [6.07, 6.45) is -3.45. The number of aromatic nitrogens is 2. The van der Waals surface area contributed by atoms with E-state index in [1.165, 1.54) is 16.8 Å². The lowest BCUT2D eigenvalue weighted by atomic mass is 10.1. The minimum absolute atomic E-state index is 0.0444. The summed E-state index contributed by atoms with van der Waals surface area (Å²) < 4.78 is 45.5. The Morgan fingerprint density at radius 2 is 2.11 bits per heavy atom. The molecule has 0 saturated carbocycles. The van der Waals surface area contributed by atoms with Gasteiger partial charge in [0.05, 0.1) is 29.4 Å². The first kappa shape index (κ1) is 19.9. The highest BCUT2D eigenvalue weighted by Crippen LogP contribution is 2.31. The Hall–Kier alpha value is -2.84. The number of hydrogen-bond acceptors (Lipinski definition) is 4. The molecule has 2 heterocycles. The third-order valence-corrected chi connectivity index (χ3v) is 4.71. The van der Waals surface area contributed by atoms with Crippen LogP contribution in [0, 0.1) is 13.8 Å². The van der Waals surface area contributed by atoms with Crippen LogP contribution < -0.4 is 5.32 Å². The van der Waals surface area contributed by atoms with Gasteiger partial charge in [-0.05, 0) is 38.5 Å². The molecule has 0 aliphatic carbocycles. The lowest BCUT2D eigenvalue weighted by molar-refractivity contribution is -0.143. The molecule has 2 aromatic rings. The van der Waals surface area contributed by atoms with Gasteiger partial charge < -0.3 is 10.1 Å². The standard InChI is InChI=1S/C19H20F3N3O3/c1-11-16(9-18(27)28-10-14-6-7-17(26)23-14)12(2)25(24-11)15-5-3-4-13(8-15)19(20,21)22/h3-5,8,14H,6-7,9-10H2,1-2H3,(H,23,26). The van der Waals surface area contributed by atoms with Crippen LogP contribution in [0.3, 0.4) is 0 Å². The normalized spacial score (nSPS) is 16.9. The lowest BCUT2D eigenvalue weighted by Crippen LogP contribution is -2.31. The van der Waals surface area contributed by atoms with Crippen LogP contribution in [0.2, 0.25) is 0 Å². The van der Waals surface area contributed by atoms with Crippen molar-refractivity contribution in [3.63, 3.8) is 0 Å². The predicted octanol–water partition coefficient (Wildman–Crippen LogP) is 2.87. The molecule has 1 saturated heterocycles. The van der Waals surface area contributed by atoms with Crippen LogP contribution in [0.1, 0.15) is 35.4 Å². The van der Waals surface area contributed by atoms with E-state index in [0.717, 1.165) is 12.1 Å². The van der Waals surface area contributed by atoms with Crippen LogP contribution >= 0.6 is 0 Å². The summed E-state index contributed by atoms with van der Waals surface area (Å²) in [5.74, 6) is -0.536. The van der Waals surface area contributed by atoms with E-state index in [1.54, 1.807) is 13.8 Å². The fourth-order valence-electron chi connectivity index (χ4n) is 3.19. The van der Waals surface area contributed by atoms with E-state index in [4.69, 9.17) is 4.74 Å². The van der Waals surface area contributed by atoms with Crippen molar-refractivity contribution < 1.29 is 27.5 Å². The van der Waals surface area contributed by atoms with Gasteiger partial charge in [-0.1, -0.05) is 6.07 Å². The van der Waals surface area contributed by atoms with E-state index in [-0.39, 0.29) is 30.7 Å². The highest BCUT2D eigenvalue weighted by Gasteiger charge is 2.31. The first-order chi connectivity index (χ1) is 13.1. The van der Waals surface area contributed by atoms with Crippen molar-refractivity contribution in [3.05, 3.63) is 46.8 Å². The number of carbonyl (C=O) groups is 2. The van der Waals surface area contributed by atoms with Gasteiger partial charge in [-0.2, -0.15) is 18.3 Å². The molecule has 1 N–H and O–H groups in total. The van der Waals surface area contributed by atoms with E-state index in [9.17, 15) is 22.8 Å². The number of nitrogens with one attached hydrogen (secondary N) is 1. The van der Waals surface area contributed by atoms with Crippen molar-refractivity contribution in [2.45, 2.75) is 45.3 Å². The molecule has 150 valence electrons. The van der Waals surface area contributed by atoms with Crippen molar-refractivity contribution in [3.8, 4) is 5.69 Å². The molecule has 28 heavy (non-hydrogen) atoms. The van der Waals surface area contributed by atoms with Gasteiger partial charge in [0, 0.05) is 17.7 Å². The number of hydrogen-bond donors (Lipinski definition) is 1. The number of amides is 1. The van der Waals surface area contributed by atoms with E-state index < -0.39 is 17.7 Å².